The van der Waals surface area contributed by atoms with Crippen LogP contribution in [0, 0.1) is 0 Å². The molecule has 1 rings (SSSR count). The summed E-state index contributed by atoms with van der Waals surface area (Å²) < 4.78 is 12.5. The molecule has 1 fully saturated rings. The number of aliphatic hydroxyl groups is 4. The summed E-state index contributed by atoms with van der Waals surface area (Å²) in [5, 5.41) is 54.0. The van der Waals surface area contributed by atoms with Gasteiger partial charge in [-0.2, -0.15) is 0 Å². The zero-order valence-corrected chi connectivity index (χ0v) is 59.4. The van der Waals surface area contributed by atoms with Crippen LogP contribution in [0.25, 0.3) is 0 Å². The van der Waals surface area contributed by atoms with Gasteiger partial charge in [0, 0.05) is 104 Å². The highest BCUT2D eigenvalue weighted by Gasteiger charge is 2.22. The van der Waals surface area contributed by atoms with Crippen molar-refractivity contribution in [3.05, 3.63) is 0 Å². The molecule has 14 heteroatoms. The average molecular weight is 1270 g/mol. The molecule has 0 aromatic heterocycles. The van der Waals surface area contributed by atoms with Gasteiger partial charge < -0.3 is 39.9 Å². The van der Waals surface area contributed by atoms with Crippen LogP contribution in [0.2, 0.25) is 0 Å². The standard InChI is InChI=1S/C75H151N5O9/c1-5-9-13-17-21-25-29-33-37-41-46-70(81)66-78(67-71(82)47-42-38-34-30-26-22-18-14-10-6-2)59-63-88-62-58-77-54-52-76(53-55-77)56-57-80(74(85)50-45-51-75(86)87)61-65-89-64-60-79(68-72(83)48-43-39-35-31-27-23-19-15-11-7-3)69-73(84)49-44-40-36-32-28-24-20-16-12-8-4/h70-73,81-84H,5-69H2,1-4H3,(H,86,87)/t70-,71+,72-,73+. The molecular formula is C75H151N5O9. The minimum atomic E-state index is -0.889. The van der Waals surface area contributed by atoms with E-state index in [9.17, 15) is 35.1 Å². The minimum Gasteiger partial charge on any atom is -0.481 e. The van der Waals surface area contributed by atoms with E-state index in [1.165, 1.54) is 218 Å². The molecule has 89 heavy (non-hydrogen) atoms. The van der Waals surface area contributed by atoms with E-state index in [1.54, 1.807) is 0 Å². The number of hydrogen-bond donors (Lipinski definition) is 5. The van der Waals surface area contributed by atoms with Crippen LogP contribution in [0.3, 0.4) is 0 Å². The molecule has 0 aromatic rings. The maximum Gasteiger partial charge on any atom is 0.303 e. The van der Waals surface area contributed by atoms with Crippen LogP contribution in [-0.4, -0.2) is 204 Å². The third-order valence-electron chi connectivity index (χ3n) is 18.9. The first-order chi connectivity index (χ1) is 43.5. The lowest BCUT2D eigenvalue weighted by atomic mass is 10.0. The largest absolute Gasteiger partial charge is 0.481 e. The monoisotopic (exact) mass is 1270 g/mol. The van der Waals surface area contributed by atoms with Crippen LogP contribution in [0.5, 0.6) is 0 Å². The second-order valence-electron chi connectivity index (χ2n) is 27.6. The van der Waals surface area contributed by atoms with Crippen LogP contribution in [0.4, 0.5) is 0 Å². The number of piperazine rings is 1. The SMILES string of the molecule is CCCCCCCCCCCC[C@@H](O)CN(CCOCCN1CCN(CCN(CCOCCN(C[C@H](O)CCCCCCCCCCCC)C[C@@H](O)CCCCCCCCCCCC)C(=O)CCCC(=O)O)CC1)C[C@@H](O)CCCCCCCCCCCC. The molecule has 0 unspecified atom stereocenters. The molecular weight excluding hydrogens is 1110 g/mol. The summed E-state index contributed by atoms with van der Waals surface area (Å²) in [6.07, 6.45) is 52.9. The fraction of sp³-hybridized carbons (Fsp3) is 0.973. The summed E-state index contributed by atoms with van der Waals surface area (Å²) in [5.74, 6) is -0.928. The third-order valence-corrected chi connectivity index (χ3v) is 18.9. The molecule has 14 nitrogen and oxygen atoms in total. The van der Waals surface area contributed by atoms with E-state index in [-0.39, 0.29) is 18.7 Å². The molecule has 0 radical (unpaired) electrons. The van der Waals surface area contributed by atoms with E-state index in [2.05, 4.69) is 47.3 Å². The molecule has 530 valence electrons. The number of carbonyl (C=O) groups excluding carboxylic acids is 1. The first kappa shape index (κ1) is 85.6. The zero-order valence-electron chi connectivity index (χ0n) is 59.4. The van der Waals surface area contributed by atoms with Gasteiger partial charge in [0.1, 0.15) is 0 Å². The Labute approximate surface area is 550 Å². The Morgan fingerprint density at radius 2 is 0.607 bits per heavy atom. The van der Waals surface area contributed by atoms with Gasteiger partial charge in [-0.3, -0.25) is 29.2 Å². The summed E-state index contributed by atoms with van der Waals surface area (Å²) in [6, 6.07) is 0. The molecule has 0 aliphatic carbocycles. The second-order valence-corrected chi connectivity index (χ2v) is 27.6. The maximum atomic E-state index is 13.6. The van der Waals surface area contributed by atoms with Crippen LogP contribution < -0.4 is 0 Å². The van der Waals surface area contributed by atoms with E-state index in [0.717, 1.165) is 103 Å². The first-order valence-electron chi connectivity index (χ1n) is 38.8. The number of aliphatic carboxylic acids is 1. The predicted octanol–water partition coefficient (Wildman–Crippen LogP) is 16.0. The Hall–Kier alpha value is -1.46. The van der Waals surface area contributed by atoms with Gasteiger partial charge in [-0.1, -0.05) is 285 Å². The van der Waals surface area contributed by atoms with Crippen molar-refractivity contribution < 1.29 is 44.6 Å². The van der Waals surface area contributed by atoms with Crippen LogP contribution in [0.15, 0.2) is 0 Å². The van der Waals surface area contributed by atoms with E-state index < -0.39 is 30.4 Å². The van der Waals surface area contributed by atoms with Gasteiger partial charge in [0.2, 0.25) is 5.91 Å². The lowest BCUT2D eigenvalue weighted by Crippen LogP contribution is -2.50. The molecule has 0 saturated carbocycles. The number of carbonyl (C=O) groups is 2. The van der Waals surface area contributed by atoms with Crippen molar-refractivity contribution in [2.75, 3.05) is 118 Å². The molecule has 0 bridgehead atoms. The normalized spacial score (nSPS) is 14.8. The Morgan fingerprint density at radius 1 is 0.337 bits per heavy atom. The molecule has 0 spiro atoms. The number of rotatable bonds is 71. The third kappa shape index (κ3) is 57.7. The van der Waals surface area contributed by atoms with Gasteiger partial charge in [0.05, 0.1) is 50.8 Å². The topological polar surface area (TPSA) is 170 Å². The maximum absolute atomic E-state index is 13.6. The van der Waals surface area contributed by atoms with Crippen molar-refractivity contribution in [2.24, 2.45) is 0 Å². The number of carboxylic acids is 1. The van der Waals surface area contributed by atoms with Crippen molar-refractivity contribution in [3.8, 4) is 0 Å². The Kier molecular flexibility index (Phi) is 62.7. The van der Waals surface area contributed by atoms with Crippen LogP contribution in [-0.2, 0) is 19.1 Å². The van der Waals surface area contributed by atoms with Crippen LogP contribution >= 0.6 is 0 Å². The van der Waals surface area contributed by atoms with Crippen molar-refractivity contribution in [1.82, 2.24) is 24.5 Å². The molecule has 1 saturated heterocycles. The highest BCUT2D eigenvalue weighted by atomic mass is 16.5. The number of nitrogens with zero attached hydrogens (tertiary/aromatic N) is 5. The second kappa shape index (κ2) is 65.2. The Balaban J connectivity index is 2.67. The number of unbranched alkanes of at least 4 members (excludes halogenated alkanes) is 36. The predicted molar refractivity (Wildman–Crippen MR) is 375 cm³/mol. The molecule has 1 amide bonds. The van der Waals surface area contributed by atoms with Crippen molar-refractivity contribution >= 4 is 11.9 Å². The molecule has 1 aliphatic rings. The number of carboxylic acid groups (broad SMARTS) is 1. The highest BCUT2D eigenvalue weighted by molar-refractivity contribution is 5.77. The molecule has 1 aliphatic heterocycles. The van der Waals surface area contributed by atoms with E-state index >= 15 is 0 Å². The van der Waals surface area contributed by atoms with Crippen molar-refractivity contribution in [1.29, 1.82) is 0 Å². The van der Waals surface area contributed by atoms with Gasteiger partial charge >= 0.3 is 5.97 Å². The van der Waals surface area contributed by atoms with E-state index in [4.69, 9.17) is 9.47 Å². The van der Waals surface area contributed by atoms with Gasteiger partial charge in [0.15, 0.2) is 0 Å². The quantitative estimate of drug-likeness (QED) is 0.0365. The summed E-state index contributed by atoms with van der Waals surface area (Å²) in [6.45, 7) is 20.7. The smallest absolute Gasteiger partial charge is 0.303 e. The molecule has 4 atom stereocenters. The Morgan fingerprint density at radius 3 is 0.910 bits per heavy atom. The first-order valence-corrected chi connectivity index (χ1v) is 38.8. The Bertz CT molecular complexity index is 1420. The highest BCUT2D eigenvalue weighted by Crippen LogP contribution is 2.18. The number of hydrogen-bond acceptors (Lipinski definition) is 12. The van der Waals surface area contributed by atoms with Crippen LogP contribution in [0.1, 0.15) is 329 Å². The number of amides is 1. The molecule has 0 aromatic carbocycles. The van der Waals surface area contributed by atoms with Crippen molar-refractivity contribution in [3.63, 3.8) is 0 Å². The van der Waals surface area contributed by atoms with Gasteiger partial charge in [0.25, 0.3) is 0 Å². The lowest BCUT2D eigenvalue weighted by Gasteiger charge is -2.36. The fourth-order valence-electron chi connectivity index (χ4n) is 12.9. The fourth-order valence-corrected chi connectivity index (χ4v) is 12.9. The summed E-state index contributed by atoms with van der Waals surface area (Å²) in [7, 11) is 0. The van der Waals surface area contributed by atoms with E-state index in [1.807, 2.05) is 4.90 Å². The van der Waals surface area contributed by atoms with E-state index in [0.29, 0.717) is 85.2 Å². The number of ether oxygens (including phenoxy) is 2. The molecule has 1 heterocycles. The summed E-state index contributed by atoms with van der Waals surface area (Å²) in [4.78, 5) is 36.0. The zero-order chi connectivity index (χ0) is 64.7. The van der Waals surface area contributed by atoms with Crippen molar-refractivity contribution in [2.45, 2.75) is 354 Å². The molecule has 5 N–H and O–H groups in total. The van der Waals surface area contributed by atoms with Gasteiger partial charge in [-0.15, -0.1) is 0 Å². The van der Waals surface area contributed by atoms with Gasteiger partial charge in [-0.25, -0.2) is 0 Å². The minimum absolute atomic E-state index is 0.0306. The summed E-state index contributed by atoms with van der Waals surface area (Å²) in [5.41, 5.74) is 0. The lowest BCUT2D eigenvalue weighted by molar-refractivity contribution is -0.137. The summed E-state index contributed by atoms with van der Waals surface area (Å²) >= 11 is 0. The number of aliphatic hydroxyl groups excluding tert-OH is 4. The average Bonchev–Trinajstić information content (AvgIpc) is 3.67. The van der Waals surface area contributed by atoms with Gasteiger partial charge in [-0.05, 0) is 32.1 Å².